The van der Waals surface area contributed by atoms with Crippen molar-refractivity contribution in [3.05, 3.63) is 40.6 Å². The molecular weight excluding hydrogens is 234 g/mol. The number of rotatable bonds is 3. The molecule has 2 aromatic rings. The number of benzene rings is 1. The number of hydrogen-bond acceptors (Lipinski definition) is 2. The topological polar surface area (TPSA) is 29.9 Å². The van der Waals surface area contributed by atoms with E-state index in [4.69, 9.17) is 0 Å². The second kappa shape index (κ2) is 4.82. The molecule has 100 valence electrons. The van der Waals surface area contributed by atoms with E-state index >= 15 is 0 Å². The molecule has 1 heterocycles. The second-order valence-electron chi connectivity index (χ2n) is 5.41. The summed E-state index contributed by atoms with van der Waals surface area (Å²) in [5.74, 6) is 0. The Morgan fingerprint density at radius 1 is 1.26 bits per heavy atom. The van der Waals surface area contributed by atoms with Gasteiger partial charge in [-0.2, -0.15) is 5.10 Å². The summed E-state index contributed by atoms with van der Waals surface area (Å²) in [6, 6.07) is 6.90. The first kappa shape index (κ1) is 12.4. The predicted molar refractivity (Wildman–Crippen MR) is 78.2 cm³/mol. The van der Waals surface area contributed by atoms with E-state index < -0.39 is 0 Å². The lowest BCUT2D eigenvalue weighted by Gasteiger charge is -2.07. The average Bonchev–Trinajstić information content (AvgIpc) is 2.95. The van der Waals surface area contributed by atoms with Gasteiger partial charge in [0.05, 0.1) is 11.4 Å². The van der Waals surface area contributed by atoms with E-state index in [1.807, 2.05) is 18.8 Å². The summed E-state index contributed by atoms with van der Waals surface area (Å²) >= 11 is 0. The Morgan fingerprint density at radius 2 is 2.05 bits per heavy atom. The lowest BCUT2D eigenvalue weighted by atomic mass is 10.0. The normalized spacial score (nSPS) is 13.8. The molecule has 0 saturated carbocycles. The maximum Gasteiger partial charge on any atom is 0.0797 e. The number of nitrogens with zero attached hydrogens (tertiary/aromatic N) is 2. The van der Waals surface area contributed by atoms with Crippen LogP contribution < -0.4 is 5.32 Å². The van der Waals surface area contributed by atoms with Crippen LogP contribution in [0.15, 0.2) is 18.2 Å². The van der Waals surface area contributed by atoms with Crippen LogP contribution in [0.25, 0.3) is 11.3 Å². The zero-order chi connectivity index (χ0) is 13.4. The molecule has 1 aliphatic rings. The van der Waals surface area contributed by atoms with Crippen molar-refractivity contribution in [2.24, 2.45) is 7.05 Å². The molecule has 1 aromatic heterocycles. The minimum atomic E-state index is 0.824. The third kappa shape index (κ3) is 2.08. The molecular formula is C16H21N3. The molecule has 3 nitrogen and oxygen atoms in total. The first-order valence-electron chi connectivity index (χ1n) is 7.00. The third-order valence-corrected chi connectivity index (χ3v) is 4.10. The first-order chi connectivity index (χ1) is 9.20. The number of aromatic nitrogens is 2. The molecule has 0 atom stereocenters. The van der Waals surface area contributed by atoms with Crippen LogP contribution in [-0.4, -0.2) is 16.8 Å². The van der Waals surface area contributed by atoms with E-state index in [0.717, 1.165) is 12.2 Å². The second-order valence-corrected chi connectivity index (χ2v) is 5.41. The smallest absolute Gasteiger partial charge is 0.0797 e. The molecule has 1 aliphatic carbocycles. The Balaban J connectivity index is 2.07. The van der Waals surface area contributed by atoms with Crippen molar-refractivity contribution in [3.8, 4) is 11.3 Å². The molecule has 1 N–H and O–H groups in total. The summed E-state index contributed by atoms with van der Waals surface area (Å²) in [7, 11) is 4.00. The Labute approximate surface area is 114 Å². The fraction of sp³-hybridized carbons (Fsp3) is 0.438. The van der Waals surface area contributed by atoms with Crippen molar-refractivity contribution in [2.75, 3.05) is 7.05 Å². The van der Waals surface area contributed by atoms with Crippen LogP contribution in [0.2, 0.25) is 0 Å². The van der Waals surface area contributed by atoms with E-state index in [1.54, 1.807) is 0 Å². The highest BCUT2D eigenvalue weighted by molar-refractivity contribution is 5.66. The fourth-order valence-electron chi connectivity index (χ4n) is 3.14. The van der Waals surface area contributed by atoms with Crippen molar-refractivity contribution >= 4 is 0 Å². The van der Waals surface area contributed by atoms with Gasteiger partial charge in [-0.05, 0) is 56.0 Å². The summed E-state index contributed by atoms with van der Waals surface area (Å²) in [5, 5.41) is 7.81. The van der Waals surface area contributed by atoms with Crippen molar-refractivity contribution in [2.45, 2.75) is 32.7 Å². The lowest BCUT2D eigenvalue weighted by Crippen LogP contribution is -2.06. The summed E-state index contributed by atoms with van der Waals surface area (Å²) < 4.78 is 2.01. The maximum atomic E-state index is 4.62. The number of aryl methyl sites for hydroxylation is 3. The Bertz CT molecular complexity index is 611. The van der Waals surface area contributed by atoms with Crippen molar-refractivity contribution in [1.29, 1.82) is 0 Å². The highest BCUT2D eigenvalue weighted by Crippen LogP contribution is 2.30. The van der Waals surface area contributed by atoms with Crippen LogP contribution in [0.3, 0.4) is 0 Å². The maximum absolute atomic E-state index is 4.62. The minimum absolute atomic E-state index is 0.824. The molecule has 1 aromatic carbocycles. The molecule has 0 saturated heterocycles. The fourth-order valence-corrected chi connectivity index (χ4v) is 3.14. The largest absolute Gasteiger partial charge is 0.314 e. The monoisotopic (exact) mass is 255 g/mol. The quantitative estimate of drug-likeness (QED) is 0.913. The van der Waals surface area contributed by atoms with Crippen LogP contribution in [0, 0.1) is 6.92 Å². The summed E-state index contributed by atoms with van der Waals surface area (Å²) in [4.78, 5) is 0. The summed E-state index contributed by atoms with van der Waals surface area (Å²) in [5.41, 5.74) is 8.03. The van der Waals surface area contributed by atoms with Crippen molar-refractivity contribution in [3.63, 3.8) is 0 Å². The van der Waals surface area contributed by atoms with E-state index in [9.17, 15) is 0 Å². The molecule has 3 rings (SSSR count). The van der Waals surface area contributed by atoms with Gasteiger partial charge >= 0.3 is 0 Å². The van der Waals surface area contributed by atoms with Gasteiger partial charge in [-0.15, -0.1) is 0 Å². The molecule has 19 heavy (non-hydrogen) atoms. The van der Waals surface area contributed by atoms with Crippen LogP contribution in [-0.2, 0) is 26.4 Å². The molecule has 0 spiro atoms. The minimum Gasteiger partial charge on any atom is -0.314 e. The SMILES string of the molecule is CNCc1nn(C)c(-c2ccc3c(c2)CCC3)c1C. The molecule has 0 amide bonds. The van der Waals surface area contributed by atoms with Gasteiger partial charge in [-0.1, -0.05) is 12.1 Å². The van der Waals surface area contributed by atoms with Gasteiger partial charge in [-0.3, -0.25) is 4.68 Å². The third-order valence-electron chi connectivity index (χ3n) is 4.10. The highest BCUT2D eigenvalue weighted by atomic mass is 15.3. The van der Waals surface area contributed by atoms with Crippen LogP contribution in [0.5, 0.6) is 0 Å². The molecule has 0 radical (unpaired) electrons. The van der Waals surface area contributed by atoms with E-state index in [1.165, 1.54) is 47.2 Å². The Hall–Kier alpha value is -1.61. The summed E-state index contributed by atoms with van der Waals surface area (Å²) in [6.07, 6.45) is 3.77. The van der Waals surface area contributed by atoms with Crippen LogP contribution in [0.1, 0.15) is 28.8 Å². The van der Waals surface area contributed by atoms with Crippen molar-refractivity contribution in [1.82, 2.24) is 15.1 Å². The van der Waals surface area contributed by atoms with Gasteiger partial charge in [0.15, 0.2) is 0 Å². The Kier molecular flexibility index (Phi) is 3.15. The standard InChI is InChI=1S/C16H21N3/c1-11-15(10-17-2)18-19(3)16(11)14-8-7-12-5-4-6-13(12)9-14/h7-9,17H,4-6,10H2,1-3H3. The number of nitrogens with one attached hydrogen (secondary N) is 1. The van der Waals surface area contributed by atoms with Crippen LogP contribution in [0.4, 0.5) is 0 Å². The first-order valence-corrected chi connectivity index (χ1v) is 7.00. The highest BCUT2D eigenvalue weighted by Gasteiger charge is 2.16. The van der Waals surface area contributed by atoms with Gasteiger partial charge in [0.2, 0.25) is 0 Å². The van der Waals surface area contributed by atoms with Gasteiger partial charge in [0, 0.05) is 19.2 Å². The number of fused-ring (bicyclic) bond motifs is 1. The van der Waals surface area contributed by atoms with E-state index in [0.29, 0.717) is 0 Å². The molecule has 0 aliphatic heterocycles. The summed E-state index contributed by atoms with van der Waals surface area (Å²) in [6.45, 7) is 2.99. The van der Waals surface area contributed by atoms with Gasteiger partial charge in [0.25, 0.3) is 0 Å². The molecule has 0 bridgehead atoms. The van der Waals surface area contributed by atoms with E-state index in [2.05, 4.69) is 35.5 Å². The predicted octanol–water partition coefficient (Wildman–Crippen LogP) is 2.60. The average molecular weight is 255 g/mol. The molecule has 0 unspecified atom stereocenters. The van der Waals surface area contributed by atoms with Gasteiger partial charge in [-0.25, -0.2) is 0 Å². The van der Waals surface area contributed by atoms with Gasteiger partial charge in [0.1, 0.15) is 0 Å². The molecule has 3 heteroatoms. The van der Waals surface area contributed by atoms with Crippen molar-refractivity contribution < 1.29 is 0 Å². The zero-order valence-corrected chi connectivity index (χ0v) is 12.0. The Morgan fingerprint density at radius 3 is 2.84 bits per heavy atom. The lowest BCUT2D eigenvalue weighted by molar-refractivity contribution is 0.715. The van der Waals surface area contributed by atoms with Gasteiger partial charge < -0.3 is 5.32 Å². The zero-order valence-electron chi connectivity index (χ0n) is 12.0. The molecule has 0 fully saturated rings. The number of hydrogen-bond donors (Lipinski definition) is 1. The van der Waals surface area contributed by atoms with E-state index in [-0.39, 0.29) is 0 Å². The van der Waals surface area contributed by atoms with Crippen LogP contribution >= 0.6 is 0 Å².